The summed E-state index contributed by atoms with van der Waals surface area (Å²) in [4.78, 5) is 0. The molecule has 0 bridgehead atoms. The summed E-state index contributed by atoms with van der Waals surface area (Å²) in [6, 6.07) is 6.30. The Kier molecular flexibility index (Phi) is 5.47. The van der Waals surface area contributed by atoms with Gasteiger partial charge in [0.15, 0.2) is 0 Å². The van der Waals surface area contributed by atoms with Crippen molar-refractivity contribution in [3.05, 3.63) is 65.0 Å². The van der Waals surface area contributed by atoms with Crippen molar-refractivity contribution < 1.29 is 30.0 Å². The minimum Gasteiger partial charge on any atom is -0.207 e. The van der Waals surface area contributed by atoms with Gasteiger partial charge in [-0.1, -0.05) is 18.2 Å². The number of rotatable bonds is 5. The molecule has 0 amide bonds. The van der Waals surface area contributed by atoms with E-state index in [9.17, 15) is 30.0 Å². The van der Waals surface area contributed by atoms with Crippen molar-refractivity contribution in [1.29, 1.82) is 0 Å². The first-order chi connectivity index (χ1) is 11.9. The number of halogens is 3. The van der Waals surface area contributed by atoms with E-state index in [4.69, 9.17) is 0 Å². The molecule has 2 aromatic carbocycles. The third kappa shape index (κ3) is 4.64. The monoisotopic (exact) mass is 405 g/mol. The van der Waals surface area contributed by atoms with Crippen molar-refractivity contribution in [2.75, 3.05) is 16.2 Å². The molecule has 0 unspecified atom stereocenters. The highest BCUT2D eigenvalue weighted by Crippen LogP contribution is 2.23. The van der Waals surface area contributed by atoms with Gasteiger partial charge in [0, 0.05) is 17.7 Å². The molecule has 140 valence electrons. The van der Waals surface area contributed by atoms with Crippen LogP contribution >= 0.6 is 0 Å². The molecule has 0 aromatic heterocycles. The summed E-state index contributed by atoms with van der Waals surface area (Å²) in [6.45, 7) is 0. The van der Waals surface area contributed by atoms with Gasteiger partial charge in [-0.25, -0.2) is 30.0 Å². The molecular weight excluding hydrogens is 391 g/mol. The van der Waals surface area contributed by atoms with E-state index < -0.39 is 43.1 Å². The average molecular weight is 405 g/mol. The molecule has 0 N–H and O–H groups in total. The molecule has 0 aliphatic heterocycles. The Morgan fingerprint density at radius 3 is 1.69 bits per heavy atom. The van der Waals surface area contributed by atoms with Crippen LogP contribution in [0, 0.1) is 17.5 Å². The van der Waals surface area contributed by atoms with Gasteiger partial charge < -0.3 is 0 Å². The highest BCUT2D eigenvalue weighted by atomic mass is 32.3. The second-order valence-corrected chi connectivity index (χ2v) is 9.32. The van der Waals surface area contributed by atoms with Gasteiger partial charge in [0.1, 0.15) is 17.5 Å². The highest BCUT2D eigenvalue weighted by molar-refractivity contribution is 8.09. The first-order valence-electron chi connectivity index (χ1n) is 7.03. The Labute approximate surface area is 149 Å². The van der Waals surface area contributed by atoms with E-state index in [0.29, 0.717) is 17.7 Å². The zero-order valence-corrected chi connectivity index (χ0v) is 15.3. The lowest BCUT2D eigenvalue weighted by Crippen LogP contribution is -2.35. The Morgan fingerprint density at radius 1 is 0.808 bits per heavy atom. The van der Waals surface area contributed by atoms with Crippen molar-refractivity contribution in [1.82, 2.24) is 0 Å². The molecule has 0 heterocycles. The van der Waals surface area contributed by atoms with E-state index in [1.165, 1.54) is 30.3 Å². The minimum atomic E-state index is -4.07. The molecule has 0 aliphatic rings. The standard InChI is InChI=1S/C16H14F3NO4S2/c1-25(21,22)20(26(2,23)24)13-6-3-11(4-7-13)5-8-14-15(18)9-12(17)10-16(14)19/h3-10H,1-2H3. The number of hydrogen-bond donors (Lipinski definition) is 0. The molecule has 26 heavy (non-hydrogen) atoms. The largest absolute Gasteiger partial charge is 0.245 e. The van der Waals surface area contributed by atoms with Crippen molar-refractivity contribution in [3.63, 3.8) is 0 Å². The fourth-order valence-corrected chi connectivity index (χ4v) is 5.21. The third-order valence-corrected chi connectivity index (χ3v) is 6.44. The van der Waals surface area contributed by atoms with Crippen LogP contribution in [0.3, 0.4) is 0 Å². The van der Waals surface area contributed by atoms with Crippen LogP contribution in [0.25, 0.3) is 12.2 Å². The SMILES string of the molecule is CS(=O)(=O)N(c1ccc(C=Cc2c(F)cc(F)cc2F)cc1)S(C)(=O)=O. The quantitative estimate of drug-likeness (QED) is 0.717. The van der Waals surface area contributed by atoms with Crippen LogP contribution in [0.4, 0.5) is 18.9 Å². The maximum absolute atomic E-state index is 13.6. The van der Waals surface area contributed by atoms with Crippen LogP contribution in [0.5, 0.6) is 0 Å². The van der Waals surface area contributed by atoms with Gasteiger partial charge in [-0.05, 0) is 23.8 Å². The molecule has 0 atom stereocenters. The van der Waals surface area contributed by atoms with Crippen LogP contribution in [-0.2, 0) is 20.0 Å². The molecule has 0 spiro atoms. The van der Waals surface area contributed by atoms with Crippen LogP contribution in [-0.4, -0.2) is 29.3 Å². The Morgan fingerprint density at radius 2 is 1.27 bits per heavy atom. The molecule has 10 heteroatoms. The maximum atomic E-state index is 13.6. The van der Waals surface area contributed by atoms with Gasteiger partial charge in [-0.15, -0.1) is 0 Å². The second-order valence-electron chi connectivity index (χ2n) is 5.43. The summed E-state index contributed by atoms with van der Waals surface area (Å²) in [5.41, 5.74) is -0.130. The van der Waals surface area contributed by atoms with Crippen molar-refractivity contribution in [2.45, 2.75) is 0 Å². The molecule has 2 aromatic rings. The fourth-order valence-electron chi connectivity index (χ4n) is 2.23. The maximum Gasteiger partial charge on any atom is 0.245 e. The lowest BCUT2D eigenvalue weighted by atomic mass is 10.1. The minimum absolute atomic E-state index is 0.105. The van der Waals surface area contributed by atoms with Gasteiger partial charge in [-0.2, -0.15) is 3.71 Å². The smallest absolute Gasteiger partial charge is 0.207 e. The lowest BCUT2D eigenvalue weighted by Gasteiger charge is -2.19. The number of sulfonamides is 2. The van der Waals surface area contributed by atoms with E-state index in [1.807, 2.05) is 0 Å². The molecule has 0 radical (unpaired) electrons. The van der Waals surface area contributed by atoms with Crippen molar-refractivity contribution >= 4 is 37.9 Å². The number of benzene rings is 2. The summed E-state index contributed by atoms with van der Waals surface area (Å²) < 4.78 is 87.1. The Balaban J connectivity index is 2.36. The van der Waals surface area contributed by atoms with Crippen molar-refractivity contribution in [2.24, 2.45) is 0 Å². The van der Waals surface area contributed by atoms with E-state index in [-0.39, 0.29) is 9.40 Å². The van der Waals surface area contributed by atoms with Gasteiger partial charge in [0.2, 0.25) is 20.0 Å². The number of hydrogen-bond acceptors (Lipinski definition) is 4. The zero-order valence-electron chi connectivity index (χ0n) is 13.6. The second kappa shape index (κ2) is 7.12. The summed E-state index contributed by atoms with van der Waals surface area (Å²) in [6.07, 6.45) is 3.91. The molecule has 0 fully saturated rings. The lowest BCUT2D eigenvalue weighted by molar-refractivity contribution is 0.540. The predicted molar refractivity (Wildman–Crippen MR) is 93.9 cm³/mol. The Bertz CT molecular complexity index is 1010. The first kappa shape index (κ1) is 20.0. The molecule has 0 aliphatic carbocycles. The topological polar surface area (TPSA) is 71.5 Å². The summed E-state index contributed by atoms with van der Waals surface area (Å²) in [5.74, 6) is -3.19. The first-order valence-corrected chi connectivity index (χ1v) is 10.7. The van der Waals surface area contributed by atoms with Crippen LogP contribution in [0.2, 0.25) is 0 Å². The zero-order chi connectivity index (χ0) is 19.7. The van der Waals surface area contributed by atoms with Gasteiger partial charge in [0.05, 0.1) is 18.2 Å². The number of anilines is 1. The van der Waals surface area contributed by atoms with Crippen LogP contribution < -0.4 is 3.71 Å². The fraction of sp³-hybridized carbons (Fsp3) is 0.125. The van der Waals surface area contributed by atoms with E-state index in [2.05, 4.69) is 0 Å². The molecule has 5 nitrogen and oxygen atoms in total. The normalized spacial score (nSPS) is 12.5. The van der Waals surface area contributed by atoms with E-state index in [0.717, 1.165) is 18.6 Å². The highest BCUT2D eigenvalue weighted by Gasteiger charge is 2.26. The molecule has 0 saturated heterocycles. The average Bonchev–Trinajstić information content (AvgIpc) is 2.44. The van der Waals surface area contributed by atoms with E-state index >= 15 is 0 Å². The predicted octanol–water partition coefficient (Wildman–Crippen LogP) is 3.00. The van der Waals surface area contributed by atoms with Crippen LogP contribution in [0.1, 0.15) is 11.1 Å². The molecule has 0 saturated carbocycles. The van der Waals surface area contributed by atoms with Gasteiger partial charge >= 0.3 is 0 Å². The molecular formula is C16H14F3NO4S2. The third-order valence-electron chi connectivity index (χ3n) is 3.19. The van der Waals surface area contributed by atoms with Crippen LogP contribution in [0.15, 0.2) is 36.4 Å². The van der Waals surface area contributed by atoms with E-state index in [1.54, 1.807) is 0 Å². The van der Waals surface area contributed by atoms with Gasteiger partial charge in [0.25, 0.3) is 0 Å². The van der Waals surface area contributed by atoms with Crippen molar-refractivity contribution in [3.8, 4) is 0 Å². The summed E-state index contributed by atoms with van der Waals surface area (Å²) in [7, 11) is -8.13. The Hall–Kier alpha value is -2.33. The summed E-state index contributed by atoms with van der Waals surface area (Å²) in [5, 5.41) is 0. The van der Waals surface area contributed by atoms with Gasteiger partial charge in [-0.3, -0.25) is 0 Å². The number of nitrogens with zero attached hydrogens (tertiary/aromatic N) is 1. The molecule has 2 rings (SSSR count). The summed E-state index contributed by atoms with van der Waals surface area (Å²) >= 11 is 0.